The fourth-order valence-electron chi connectivity index (χ4n) is 2.00. The molecule has 1 saturated heterocycles. The normalized spacial score (nSPS) is 20.7. The summed E-state index contributed by atoms with van der Waals surface area (Å²) < 4.78 is 26.5. The van der Waals surface area contributed by atoms with Crippen LogP contribution in [0.5, 0.6) is 0 Å². The first-order valence-electron chi connectivity index (χ1n) is 5.53. The largest absolute Gasteiger partial charge is 0.359 e. The molecule has 0 radical (unpaired) electrons. The summed E-state index contributed by atoms with van der Waals surface area (Å²) in [6.07, 6.45) is 0.508. The maximum atomic E-state index is 12.4. The minimum Gasteiger partial charge on any atom is -0.359 e. The van der Waals surface area contributed by atoms with Gasteiger partial charge < -0.3 is 5.32 Å². The molecule has 0 saturated carbocycles. The molecule has 1 aliphatic heterocycles. The Balaban J connectivity index is 2.23. The predicted molar refractivity (Wildman–Crippen MR) is 75.3 cm³/mol. The number of hydrogen-bond acceptors (Lipinski definition) is 4. The highest BCUT2D eigenvalue weighted by Crippen LogP contribution is 2.37. The predicted octanol–water partition coefficient (Wildman–Crippen LogP) is 1.81. The molecule has 9 heteroatoms. The fraction of sp³-hybridized carbons (Fsp3) is 0.500. The summed E-state index contributed by atoms with van der Waals surface area (Å²) in [4.78, 5) is 11.5. The summed E-state index contributed by atoms with van der Waals surface area (Å²) in [7, 11) is -2.14. The minimum absolute atomic E-state index is 0.0155. The van der Waals surface area contributed by atoms with Gasteiger partial charge >= 0.3 is 0 Å². The summed E-state index contributed by atoms with van der Waals surface area (Å²) >= 11 is 12.7. The standard InChI is InChI=1S/C10H12Cl2N2O3S2/c1-13-10(15)6-2-3-14(5-6)19(16,17)7-4-8(11)18-9(7)12/h4,6H,2-3,5H2,1H3,(H,13,15). The molecule has 2 rings (SSSR count). The van der Waals surface area contributed by atoms with Gasteiger partial charge in [0.15, 0.2) is 0 Å². The van der Waals surface area contributed by atoms with Crippen molar-refractivity contribution < 1.29 is 13.2 Å². The summed E-state index contributed by atoms with van der Waals surface area (Å²) in [6.45, 7) is 0.482. The first-order valence-corrected chi connectivity index (χ1v) is 8.54. The van der Waals surface area contributed by atoms with E-state index in [1.165, 1.54) is 17.4 Å². The second kappa shape index (κ2) is 5.57. The van der Waals surface area contributed by atoms with Crippen molar-refractivity contribution >= 4 is 50.5 Å². The van der Waals surface area contributed by atoms with Gasteiger partial charge in [0, 0.05) is 20.1 Å². The smallest absolute Gasteiger partial charge is 0.245 e. The van der Waals surface area contributed by atoms with Gasteiger partial charge in [0.25, 0.3) is 0 Å². The number of halogens is 2. The van der Waals surface area contributed by atoms with E-state index in [0.717, 1.165) is 11.3 Å². The number of rotatable bonds is 3. The van der Waals surface area contributed by atoms with Crippen LogP contribution in [0.2, 0.25) is 8.67 Å². The zero-order valence-corrected chi connectivity index (χ0v) is 13.2. The molecule has 106 valence electrons. The van der Waals surface area contributed by atoms with Crippen molar-refractivity contribution in [1.82, 2.24) is 9.62 Å². The molecule has 1 aromatic rings. The van der Waals surface area contributed by atoms with Gasteiger partial charge in [-0.2, -0.15) is 4.31 Å². The third-order valence-corrected chi connectivity index (χ3v) is 6.63. The number of amides is 1. The lowest BCUT2D eigenvalue weighted by Crippen LogP contribution is -2.33. The van der Waals surface area contributed by atoms with Gasteiger partial charge in [-0.25, -0.2) is 8.42 Å². The summed E-state index contributed by atoms with van der Waals surface area (Å²) in [5, 5.41) is 2.53. The zero-order valence-electron chi connectivity index (χ0n) is 10.0. The highest BCUT2D eigenvalue weighted by atomic mass is 35.5. The third-order valence-electron chi connectivity index (χ3n) is 3.01. The molecule has 1 amide bonds. The van der Waals surface area contributed by atoms with Crippen LogP contribution in [0, 0.1) is 5.92 Å². The van der Waals surface area contributed by atoms with E-state index in [1.807, 2.05) is 0 Å². The molecule has 1 fully saturated rings. The highest BCUT2D eigenvalue weighted by Gasteiger charge is 2.37. The molecule has 0 bridgehead atoms. The van der Waals surface area contributed by atoms with Crippen LogP contribution in [-0.2, 0) is 14.8 Å². The quantitative estimate of drug-likeness (QED) is 0.910. The van der Waals surface area contributed by atoms with Crippen molar-refractivity contribution in [1.29, 1.82) is 0 Å². The first kappa shape index (κ1) is 15.1. The van der Waals surface area contributed by atoms with Crippen LogP contribution in [0.1, 0.15) is 6.42 Å². The number of carbonyl (C=O) groups is 1. The Morgan fingerprint density at radius 1 is 1.53 bits per heavy atom. The van der Waals surface area contributed by atoms with Gasteiger partial charge in [-0.05, 0) is 12.5 Å². The van der Waals surface area contributed by atoms with Crippen LogP contribution < -0.4 is 5.32 Å². The Kier molecular flexibility index (Phi) is 4.42. The van der Waals surface area contributed by atoms with E-state index >= 15 is 0 Å². The van der Waals surface area contributed by atoms with E-state index in [2.05, 4.69) is 5.32 Å². The average molecular weight is 343 g/mol. The number of thiophene rings is 1. The first-order chi connectivity index (χ1) is 8.86. The van der Waals surface area contributed by atoms with Gasteiger partial charge in [-0.3, -0.25) is 4.79 Å². The molecule has 1 aromatic heterocycles. The molecule has 1 aliphatic rings. The molecule has 0 aliphatic carbocycles. The van der Waals surface area contributed by atoms with Crippen LogP contribution >= 0.6 is 34.5 Å². The van der Waals surface area contributed by atoms with Crippen molar-refractivity contribution in [2.45, 2.75) is 11.3 Å². The molecule has 2 heterocycles. The molecule has 0 aromatic carbocycles. The average Bonchev–Trinajstić information content (AvgIpc) is 2.95. The van der Waals surface area contributed by atoms with Gasteiger partial charge in [-0.1, -0.05) is 23.2 Å². The topological polar surface area (TPSA) is 66.5 Å². The maximum Gasteiger partial charge on any atom is 0.245 e. The molecule has 1 unspecified atom stereocenters. The molecule has 0 spiro atoms. The van der Waals surface area contributed by atoms with Crippen molar-refractivity contribution in [3.05, 3.63) is 14.7 Å². The second-order valence-corrected chi connectivity index (χ2v) is 8.34. The lowest BCUT2D eigenvalue weighted by molar-refractivity contribution is -0.123. The van der Waals surface area contributed by atoms with E-state index < -0.39 is 10.0 Å². The van der Waals surface area contributed by atoms with Gasteiger partial charge in [0.1, 0.15) is 9.23 Å². The zero-order chi connectivity index (χ0) is 14.2. The fourth-order valence-corrected chi connectivity index (χ4v) is 5.62. The third kappa shape index (κ3) is 2.90. The summed E-state index contributed by atoms with van der Waals surface area (Å²) in [5.74, 6) is -0.459. The number of nitrogens with one attached hydrogen (secondary N) is 1. The maximum absolute atomic E-state index is 12.4. The van der Waals surface area contributed by atoms with Crippen LogP contribution in [0.4, 0.5) is 0 Å². The molecule has 5 nitrogen and oxygen atoms in total. The molecule has 1 N–H and O–H groups in total. The van der Waals surface area contributed by atoms with E-state index in [0.29, 0.717) is 17.3 Å². The monoisotopic (exact) mass is 342 g/mol. The number of nitrogens with zero attached hydrogens (tertiary/aromatic N) is 1. The molecule has 1 atom stereocenters. The molecular formula is C10H12Cl2N2O3S2. The van der Waals surface area contributed by atoms with Gasteiger partial charge in [-0.15, -0.1) is 11.3 Å². The number of hydrogen-bond donors (Lipinski definition) is 1. The summed E-state index contributed by atoms with van der Waals surface area (Å²) in [5.41, 5.74) is 0. The van der Waals surface area contributed by atoms with Crippen LogP contribution in [0.15, 0.2) is 11.0 Å². The number of sulfonamides is 1. The van der Waals surface area contributed by atoms with Crippen molar-refractivity contribution in [2.75, 3.05) is 20.1 Å². The van der Waals surface area contributed by atoms with Crippen LogP contribution in [-0.4, -0.2) is 38.8 Å². The van der Waals surface area contributed by atoms with Gasteiger partial charge in [0.05, 0.1) is 10.3 Å². The second-order valence-electron chi connectivity index (χ2n) is 4.15. The van der Waals surface area contributed by atoms with E-state index in [4.69, 9.17) is 23.2 Å². The van der Waals surface area contributed by atoms with E-state index in [1.54, 1.807) is 0 Å². The SMILES string of the molecule is CNC(=O)C1CCN(S(=O)(=O)c2cc(Cl)sc2Cl)C1. The molecule has 19 heavy (non-hydrogen) atoms. The van der Waals surface area contributed by atoms with Crippen LogP contribution in [0.25, 0.3) is 0 Å². The molecular weight excluding hydrogens is 331 g/mol. The van der Waals surface area contributed by atoms with E-state index in [9.17, 15) is 13.2 Å². The van der Waals surface area contributed by atoms with Gasteiger partial charge in [0.2, 0.25) is 15.9 Å². The number of carbonyl (C=O) groups excluding carboxylic acids is 1. The van der Waals surface area contributed by atoms with E-state index in [-0.39, 0.29) is 27.6 Å². The lowest BCUT2D eigenvalue weighted by atomic mass is 10.1. The Bertz CT molecular complexity index is 600. The lowest BCUT2D eigenvalue weighted by Gasteiger charge is -2.15. The Morgan fingerprint density at radius 2 is 2.21 bits per heavy atom. The van der Waals surface area contributed by atoms with Crippen molar-refractivity contribution in [3.63, 3.8) is 0 Å². The Morgan fingerprint density at radius 3 is 2.74 bits per heavy atom. The highest BCUT2D eigenvalue weighted by molar-refractivity contribution is 7.89. The van der Waals surface area contributed by atoms with Crippen molar-refractivity contribution in [3.8, 4) is 0 Å². The Hall–Kier alpha value is -0.340. The summed E-state index contributed by atoms with van der Waals surface area (Å²) in [6, 6.07) is 1.34. The van der Waals surface area contributed by atoms with Crippen molar-refractivity contribution in [2.24, 2.45) is 5.92 Å². The minimum atomic E-state index is -3.68. The van der Waals surface area contributed by atoms with Crippen LogP contribution in [0.3, 0.4) is 0 Å². The Labute approximate surface area is 125 Å².